The van der Waals surface area contributed by atoms with Crippen LogP contribution in [0.4, 0.5) is 15.9 Å². The monoisotopic (exact) mass is 458 g/mol. The number of amides is 1. The fraction of sp³-hybridized carbons (Fsp3) is 0.348. The van der Waals surface area contributed by atoms with Gasteiger partial charge in [-0.25, -0.2) is 14.4 Å². The van der Waals surface area contributed by atoms with Crippen molar-refractivity contribution in [3.63, 3.8) is 0 Å². The molecule has 0 spiro atoms. The molecule has 32 heavy (non-hydrogen) atoms. The summed E-state index contributed by atoms with van der Waals surface area (Å²) in [5, 5.41) is 3.66. The van der Waals surface area contributed by atoms with Crippen molar-refractivity contribution in [3.05, 3.63) is 47.5 Å². The lowest BCUT2D eigenvalue weighted by Gasteiger charge is -2.32. The fourth-order valence-corrected chi connectivity index (χ4v) is 3.94. The van der Waals surface area contributed by atoms with Gasteiger partial charge < -0.3 is 19.7 Å². The molecule has 0 saturated carbocycles. The number of rotatable bonds is 6. The number of ether oxygens (including phenoxy) is 2. The Morgan fingerprint density at radius 1 is 1.25 bits per heavy atom. The van der Waals surface area contributed by atoms with Gasteiger partial charge in [-0.05, 0) is 18.2 Å². The summed E-state index contributed by atoms with van der Waals surface area (Å²) >= 11 is 5.89. The van der Waals surface area contributed by atoms with Crippen molar-refractivity contribution in [2.24, 2.45) is 0 Å². The van der Waals surface area contributed by atoms with Crippen LogP contribution in [0.5, 0.6) is 11.5 Å². The third-order valence-corrected chi connectivity index (χ3v) is 5.81. The molecule has 9 heteroatoms. The van der Waals surface area contributed by atoms with Crippen molar-refractivity contribution in [1.82, 2.24) is 14.9 Å². The van der Waals surface area contributed by atoms with Gasteiger partial charge in [-0.2, -0.15) is 0 Å². The minimum absolute atomic E-state index is 0.0216. The van der Waals surface area contributed by atoms with Crippen LogP contribution in [0.25, 0.3) is 10.9 Å². The lowest BCUT2D eigenvalue weighted by atomic mass is 10.1. The predicted octanol–water partition coefficient (Wildman–Crippen LogP) is 4.95. The van der Waals surface area contributed by atoms with E-state index >= 15 is 0 Å². The van der Waals surface area contributed by atoms with Crippen LogP contribution in [0.3, 0.4) is 0 Å². The molecular formula is C23H24ClFN4O3. The fourth-order valence-electron chi connectivity index (χ4n) is 3.77. The van der Waals surface area contributed by atoms with E-state index in [4.69, 9.17) is 21.1 Å². The quantitative estimate of drug-likeness (QED) is 0.563. The topological polar surface area (TPSA) is 76.6 Å². The highest BCUT2D eigenvalue weighted by Crippen LogP contribution is 2.36. The third kappa shape index (κ3) is 4.55. The maximum Gasteiger partial charge on any atom is 0.222 e. The number of aromatic nitrogens is 2. The molecule has 1 aliphatic heterocycles. The number of piperidine rings is 1. The van der Waals surface area contributed by atoms with Crippen molar-refractivity contribution in [1.29, 1.82) is 0 Å². The Kier molecular flexibility index (Phi) is 6.60. The van der Waals surface area contributed by atoms with E-state index in [-0.39, 0.29) is 22.7 Å². The summed E-state index contributed by atoms with van der Waals surface area (Å²) in [6.07, 6.45) is 3.38. The molecule has 168 valence electrons. The number of hydrogen-bond donors (Lipinski definition) is 1. The molecule has 0 atom stereocenters. The van der Waals surface area contributed by atoms with Gasteiger partial charge in [0.2, 0.25) is 5.91 Å². The zero-order chi connectivity index (χ0) is 22.7. The van der Waals surface area contributed by atoms with Crippen molar-refractivity contribution in [3.8, 4) is 11.5 Å². The van der Waals surface area contributed by atoms with Gasteiger partial charge in [0.25, 0.3) is 0 Å². The summed E-state index contributed by atoms with van der Waals surface area (Å²) in [7, 11) is 1.56. The van der Waals surface area contributed by atoms with Crippen LogP contribution < -0.4 is 14.8 Å². The number of nitrogens with zero attached hydrogens (tertiary/aromatic N) is 3. The molecule has 1 fully saturated rings. The molecule has 0 unspecified atom stereocenters. The molecular weight excluding hydrogens is 435 g/mol. The van der Waals surface area contributed by atoms with Gasteiger partial charge in [-0.3, -0.25) is 4.79 Å². The predicted molar refractivity (Wildman–Crippen MR) is 121 cm³/mol. The molecule has 1 amide bonds. The average molecular weight is 459 g/mol. The van der Waals surface area contributed by atoms with Crippen LogP contribution in [0.1, 0.15) is 26.2 Å². The maximum atomic E-state index is 14.4. The Bertz CT molecular complexity index is 1140. The highest BCUT2D eigenvalue weighted by molar-refractivity contribution is 6.31. The number of carbonyl (C=O) groups is 1. The number of carbonyl (C=O) groups excluding carboxylic acids is 1. The number of nitrogens with one attached hydrogen (secondary N) is 1. The van der Waals surface area contributed by atoms with Crippen LogP contribution in [0.2, 0.25) is 5.02 Å². The first-order valence-electron chi connectivity index (χ1n) is 10.5. The largest absolute Gasteiger partial charge is 0.493 e. The van der Waals surface area contributed by atoms with Crippen LogP contribution in [-0.4, -0.2) is 47.1 Å². The number of halogens is 2. The van der Waals surface area contributed by atoms with E-state index in [1.54, 1.807) is 31.4 Å². The van der Waals surface area contributed by atoms with Crippen LogP contribution in [0, 0.1) is 5.82 Å². The Balaban J connectivity index is 1.58. The third-order valence-electron chi connectivity index (χ3n) is 5.52. The lowest BCUT2D eigenvalue weighted by molar-refractivity contribution is -0.132. The zero-order valence-electron chi connectivity index (χ0n) is 17.9. The Morgan fingerprint density at radius 2 is 2.03 bits per heavy atom. The van der Waals surface area contributed by atoms with Gasteiger partial charge >= 0.3 is 0 Å². The number of likely N-dealkylation sites (tertiary alicyclic amines) is 1. The summed E-state index contributed by atoms with van der Waals surface area (Å²) < 4.78 is 26.1. The molecule has 1 aliphatic rings. The number of methoxy groups -OCH3 is 1. The van der Waals surface area contributed by atoms with E-state index in [1.807, 2.05) is 11.8 Å². The molecule has 2 heterocycles. The van der Waals surface area contributed by atoms with E-state index in [2.05, 4.69) is 15.3 Å². The average Bonchev–Trinajstić information content (AvgIpc) is 2.81. The van der Waals surface area contributed by atoms with Crippen LogP contribution >= 0.6 is 11.6 Å². The summed E-state index contributed by atoms with van der Waals surface area (Å²) in [5.41, 5.74) is 0.838. The van der Waals surface area contributed by atoms with E-state index in [0.717, 1.165) is 12.8 Å². The SMILES string of the molecule is CCC(=O)N1CCC(Oc2cc3ncnc(Nc4cccc(Cl)c4F)c3cc2OC)CC1. The smallest absolute Gasteiger partial charge is 0.222 e. The Labute approximate surface area is 190 Å². The minimum Gasteiger partial charge on any atom is -0.493 e. The molecule has 1 N–H and O–H groups in total. The van der Waals surface area contributed by atoms with E-state index in [0.29, 0.717) is 47.7 Å². The van der Waals surface area contributed by atoms with Gasteiger partial charge in [0.1, 0.15) is 18.2 Å². The second kappa shape index (κ2) is 9.56. The molecule has 7 nitrogen and oxygen atoms in total. The maximum absolute atomic E-state index is 14.4. The van der Waals surface area contributed by atoms with Crippen LogP contribution in [-0.2, 0) is 4.79 Å². The first kappa shape index (κ1) is 22.1. The van der Waals surface area contributed by atoms with Gasteiger partial charge in [-0.15, -0.1) is 0 Å². The lowest BCUT2D eigenvalue weighted by Crippen LogP contribution is -2.41. The molecule has 2 aromatic carbocycles. The van der Waals surface area contributed by atoms with Gasteiger partial charge in [0.15, 0.2) is 17.3 Å². The standard InChI is InChI=1S/C23H24ClFN4O3/c1-3-21(30)29-9-7-14(8-10-29)32-20-12-18-15(11-19(20)31-2)23(27-13-26-18)28-17-6-4-5-16(24)22(17)25/h4-6,11-14H,3,7-10H2,1-2H3,(H,26,27,28). The second-order valence-corrected chi connectivity index (χ2v) is 7.93. The second-order valence-electron chi connectivity index (χ2n) is 7.52. The first-order chi connectivity index (χ1) is 15.5. The van der Waals surface area contributed by atoms with Crippen LogP contribution in [0.15, 0.2) is 36.7 Å². The molecule has 3 aromatic rings. The molecule has 4 rings (SSSR count). The van der Waals surface area contributed by atoms with Gasteiger partial charge in [0, 0.05) is 43.8 Å². The number of hydrogen-bond acceptors (Lipinski definition) is 6. The first-order valence-corrected chi connectivity index (χ1v) is 10.9. The molecule has 0 radical (unpaired) electrons. The Morgan fingerprint density at radius 3 is 2.75 bits per heavy atom. The summed E-state index contributed by atoms with van der Waals surface area (Å²) in [6.45, 7) is 3.22. The zero-order valence-corrected chi connectivity index (χ0v) is 18.7. The Hall–Kier alpha value is -3.13. The summed E-state index contributed by atoms with van der Waals surface area (Å²) in [6, 6.07) is 8.28. The molecule has 1 aromatic heterocycles. The summed E-state index contributed by atoms with van der Waals surface area (Å²) in [5.74, 6) is 1.13. The number of anilines is 2. The summed E-state index contributed by atoms with van der Waals surface area (Å²) in [4.78, 5) is 22.4. The minimum atomic E-state index is -0.555. The highest BCUT2D eigenvalue weighted by Gasteiger charge is 2.24. The number of fused-ring (bicyclic) bond motifs is 1. The van der Waals surface area contributed by atoms with Crippen molar-refractivity contribution in [2.45, 2.75) is 32.3 Å². The highest BCUT2D eigenvalue weighted by atomic mass is 35.5. The van der Waals surface area contributed by atoms with E-state index in [1.165, 1.54) is 12.4 Å². The molecule has 0 aliphatic carbocycles. The van der Waals surface area contributed by atoms with Crippen molar-refractivity contribution >= 4 is 39.9 Å². The van der Waals surface area contributed by atoms with Crippen molar-refractivity contribution < 1.29 is 18.7 Å². The van der Waals surface area contributed by atoms with Crippen molar-refractivity contribution in [2.75, 3.05) is 25.5 Å². The van der Waals surface area contributed by atoms with E-state index < -0.39 is 5.82 Å². The van der Waals surface area contributed by atoms with E-state index in [9.17, 15) is 9.18 Å². The van der Waals surface area contributed by atoms with Gasteiger partial charge in [-0.1, -0.05) is 24.6 Å². The number of benzene rings is 2. The normalized spacial score (nSPS) is 14.4. The molecule has 1 saturated heterocycles. The van der Waals surface area contributed by atoms with Gasteiger partial charge in [0.05, 0.1) is 23.3 Å². The molecule has 0 bridgehead atoms.